The van der Waals surface area contributed by atoms with Crippen LogP contribution >= 0.6 is 12.4 Å². The minimum Gasteiger partial charge on any atom is -0.458 e. The van der Waals surface area contributed by atoms with Gasteiger partial charge in [-0.3, -0.25) is 0 Å². The van der Waals surface area contributed by atoms with E-state index in [-0.39, 0.29) is 24.1 Å². The second-order valence-corrected chi connectivity index (χ2v) is 4.21. The highest BCUT2D eigenvalue weighted by Gasteiger charge is 2.14. The van der Waals surface area contributed by atoms with Gasteiger partial charge in [0.15, 0.2) is 0 Å². The van der Waals surface area contributed by atoms with Crippen molar-refractivity contribution in [1.82, 2.24) is 4.90 Å². The van der Waals surface area contributed by atoms with E-state index in [1.54, 1.807) is 6.07 Å². The van der Waals surface area contributed by atoms with Crippen molar-refractivity contribution in [2.45, 2.75) is 26.9 Å². The summed E-state index contributed by atoms with van der Waals surface area (Å²) in [5, 5.41) is 0. The van der Waals surface area contributed by atoms with Gasteiger partial charge in [0, 0.05) is 6.54 Å². The molecule has 0 fully saturated rings. The van der Waals surface area contributed by atoms with Crippen LogP contribution < -0.4 is 0 Å². The minimum absolute atomic E-state index is 0. The summed E-state index contributed by atoms with van der Waals surface area (Å²) in [7, 11) is 0. The Morgan fingerprint density at radius 3 is 2.53 bits per heavy atom. The second-order valence-electron chi connectivity index (χ2n) is 4.21. The number of likely N-dealkylation sites (N-methyl/N-ethyl adjacent to an activating group) is 1. The standard InChI is InChI=1S/C14H20FNO2.ClH/c1-4-16(5-2)10-11(3)18-14(17)12-7-6-8-13(15)9-12;/h6-9,11H,4-5,10H2,1-3H3;1H. The molecule has 1 aromatic carbocycles. The smallest absolute Gasteiger partial charge is 0.338 e. The van der Waals surface area contributed by atoms with Gasteiger partial charge < -0.3 is 9.64 Å². The van der Waals surface area contributed by atoms with Crippen LogP contribution in [0.2, 0.25) is 0 Å². The van der Waals surface area contributed by atoms with Crippen molar-refractivity contribution < 1.29 is 13.9 Å². The van der Waals surface area contributed by atoms with Gasteiger partial charge in [-0.1, -0.05) is 19.9 Å². The number of carbonyl (C=O) groups excluding carboxylic acids is 1. The van der Waals surface area contributed by atoms with Crippen LogP contribution in [0.25, 0.3) is 0 Å². The van der Waals surface area contributed by atoms with Gasteiger partial charge in [-0.2, -0.15) is 0 Å². The summed E-state index contributed by atoms with van der Waals surface area (Å²) in [6.45, 7) is 8.48. The molecule has 0 aliphatic rings. The zero-order chi connectivity index (χ0) is 13.5. The van der Waals surface area contributed by atoms with E-state index in [9.17, 15) is 9.18 Å². The molecule has 0 amide bonds. The van der Waals surface area contributed by atoms with Crippen LogP contribution in [0.1, 0.15) is 31.1 Å². The Bertz CT molecular complexity index is 397. The van der Waals surface area contributed by atoms with Gasteiger partial charge >= 0.3 is 5.97 Å². The zero-order valence-electron chi connectivity index (χ0n) is 11.6. The normalized spacial score (nSPS) is 11.8. The second kappa shape index (κ2) is 8.88. The first kappa shape index (κ1) is 17.9. The van der Waals surface area contributed by atoms with Gasteiger partial charge in [0.2, 0.25) is 0 Å². The number of halogens is 2. The third-order valence-corrected chi connectivity index (χ3v) is 2.78. The summed E-state index contributed by atoms with van der Waals surface area (Å²) < 4.78 is 18.2. The highest BCUT2D eigenvalue weighted by molar-refractivity contribution is 5.89. The third kappa shape index (κ3) is 6.03. The Morgan fingerprint density at radius 2 is 2.00 bits per heavy atom. The summed E-state index contributed by atoms with van der Waals surface area (Å²) in [6, 6.07) is 5.54. The summed E-state index contributed by atoms with van der Waals surface area (Å²) in [5.74, 6) is -0.907. The Morgan fingerprint density at radius 1 is 1.37 bits per heavy atom. The molecule has 0 bridgehead atoms. The maximum absolute atomic E-state index is 13.0. The first-order valence-electron chi connectivity index (χ1n) is 6.25. The lowest BCUT2D eigenvalue weighted by Gasteiger charge is -2.22. The SMILES string of the molecule is CCN(CC)CC(C)OC(=O)c1cccc(F)c1.Cl. The predicted octanol–water partition coefficient (Wildman–Crippen LogP) is 3.13. The average molecular weight is 290 g/mol. The molecular formula is C14H21ClFNO2. The van der Waals surface area contributed by atoms with Crippen molar-refractivity contribution in [3.63, 3.8) is 0 Å². The van der Waals surface area contributed by atoms with Crippen LogP contribution in [0.15, 0.2) is 24.3 Å². The molecule has 0 radical (unpaired) electrons. The van der Waals surface area contributed by atoms with Crippen LogP contribution in [0.5, 0.6) is 0 Å². The molecule has 0 saturated heterocycles. The molecule has 3 nitrogen and oxygen atoms in total. The molecule has 1 unspecified atom stereocenters. The van der Waals surface area contributed by atoms with Crippen LogP contribution in [0.3, 0.4) is 0 Å². The fourth-order valence-corrected chi connectivity index (χ4v) is 1.75. The molecule has 0 aliphatic carbocycles. The zero-order valence-corrected chi connectivity index (χ0v) is 12.4. The number of hydrogen-bond acceptors (Lipinski definition) is 3. The van der Waals surface area contributed by atoms with E-state index in [2.05, 4.69) is 18.7 Å². The molecule has 1 atom stereocenters. The van der Waals surface area contributed by atoms with Crippen LogP contribution in [0.4, 0.5) is 4.39 Å². The molecule has 19 heavy (non-hydrogen) atoms. The number of nitrogens with zero attached hydrogens (tertiary/aromatic N) is 1. The van der Waals surface area contributed by atoms with Gasteiger partial charge in [-0.05, 0) is 38.2 Å². The first-order valence-corrected chi connectivity index (χ1v) is 6.25. The molecule has 0 aliphatic heterocycles. The monoisotopic (exact) mass is 289 g/mol. The lowest BCUT2D eigenvalue weighted by molar-refractivity contribution is 0.0260. The number of benzene rings is 1. The van der Waals surface area contributed by atoms with Gasteiger partial charge in [-0.15, -0.1) is 12.4 Å². The maximum atomic E-state index is 13.0. The van der Waals surface area contributed by atoms with E-state index in [0.29, 0.717) is 6.54 Å². The van der Waals surface area contributed by atoms with Crippen LogP contribution in [0, 0.1) is 5.82 Å². The molecular weight excluding hydrogens is 269 g/mol. The molecule has 1 rings (SSSR count). The van der Waals surface area contributed by atoms with E-state index in [0.717, 1.165) is 13.1 Å². The molecule has 5 heteroatoms. The molecule has 0 saturated carbocycles. The first-order chi connectivity index (χ1) is 8.56. The lowest BCUT2D eigenvalue weighted by Crippen LogP contribution is -2.33. The van der Waals surface area contributed by atoms with Crippen molar-refractivity contribution in [3.05, 3.63) is 35.6 Å². The molecule has 1 aromatic rings. The van der Waals surface area contributed by atoms with E-state index in [1.165, 1.54) is 18.2 Å². The van der Waals surface area contributed by atoms with E-state index in [1.807, 2.05) is 6.92 Å². The fourth-order valence-electron chi connectivity index (χ4n) is 1.75. The molecule has 0 N–H and O–H groups in total. The number of carbonyl (C=O) groups is 1. The van der Waals surface area contributed by atoms with Gasteiger partial charge in [0.05, 0.1) is 5.56 Å². The van der Waals surface area contributed by atoms with E-state index in [4.69, 9.17) is 4.74 Å². The predicted molar refractivity (Wildman–Crippen MR) is 76.3 cm³/mol. The summed E-state index contributed by atoms with van der Waals surface area (Å²) >= 11 is 0. The Labute approximate surface area is 120 Å². The Hall–Kier alpha value is -1.13. The van der Waals surface area contributed by atoms with Crippen molar-refractivity contribution in [2.75, 3.05) is 19.6 Å². The van der Waals surface area contributed by atoms with Crippen molar-refractivity contribution >= 4 is 18.4 Å². The number of ether oxygens (including phenoxy) is 1. The summed E-state index contributed by atoms with van der Waals surface area (Å²) in [5.41, 5.74) is 0.251. The molecule has 108 valence electrons. The molecule has 0 spiro atoms. The van der Waals surface area contributed by atoms with Gasteiger partial charge in [0.1, 0.15) is 11.9 Å². The van der Waals surface area contributed by atoms with E-state index >= 15 is 0 Å². The number of hydrogen-bond donors (Lipinski definition) is 0. The topological polar surface area (TPSA) is 29.5 Å². The quantitative estimate of drug-likeness (QED) is 0.754. The maximum Gasteiger partial charge on any atom is 0.338 e. The van der Waals surface area contributed by atoms with Gasteiger partial charge in [-0.25, -0.2) is 9.18 Å². The summed E-state index contributed by atoms with van der Waals surface area (Å²) in [4.78, 5) is 13.9. The molecule has 0 aromatic heterocycles. The van der Waals surface area contributed by atoms with Crippen LogP contribution in [-0.4, -0.2) is 36.6 Å². The van der Waals surface area contributed by atoms with Crippen molar-refractivity contribution in [3.8, 4) is 0 Å². The average Bonchev–Trinajstić information content (AvgIpc) is 2.35. The number of rotatable bonds is 6. The van der Waals surface area contributed by atoms with Crippen molar-refractivity contribution in [2.24, 2.45) is 0 Å². The van der Waals surface area contributed by atoms with Gasteiger partial charge in [0.25, 0.3) is 0 Å². The Balaban J connectivity index is 0.00000324. The highest BCUT2D eigenvalue weighted by Crippen LogP contribution is 2.07. The van der Waals surface area contributed by atoms with Crippen molar-refractivity contribution in [1.29, 1.82) is 0 Å². The highest BCUT2D eigenvalue weighted by atomic mass is 35.5. The minimum atomic E-state index is -0.478. The number of esters is 1. The largest absolute Gasteiger partial charge is 0.458 e. The van der Waals surface area contributed by atoms with E-state index < -0.39 is 11.8 Å². The Kier molecular flexibility index (Phi) is 8.35. The summed E-state index contributed by atoms with van der Waals surface area (Å²) in [6.07, 6.45) is -0.208. The third-order valence-electron chi connectivity index (χ3n) is 2.78. The fraction of sp³-hybridized carbons (Fsp3) is 0.500. The van der Waals surface area contributed by atoms with Crippen LogP contribution in [-0.2, 0) is 4.74 Å². The molecule has 0 heterocycles. The lowest BCUT2D eigenvalue weighted by atomic mass is 10.2.